The molecule has 27 heavy (non-hydrogen) atoms. The largest absolute Gasteiger partial charge is 0.452 e. The molecule has 0 spiro atoms. The van der Waals surface area contributed by atoms with E-state index in [2.05, 4.69) is 15.4 Å². The Bertz CT molecular complexity index is 987. The van der Waals surface area contributed by atoms with Gasteiger partial charge in [0.2, 0.25) is 0 Å². The minimum Gasteiger partial charge on any atom is -0.452 e. The van der Waals surface area contributed by atoms with E-state index in [4.69, 9.17) is 4.74 Å². The van der Waals surface area contributed by atoms with Crippen molar-refractivity contribution >= 4 is 28.6 Å². The topological polar surface area (TPSA) is 86.1 Å². The number of anilines is 1. The SMILES string of the molecule is Cc1cc(C)cc(NC(=O)COC(=O)c2cnc3c(cnn3C(C)C)c2)c1. The van der Waals surface area contributed by atoms with E-state index in [1.54, 1.807) is 16.9 Å². The fraction of sp³-hybridized carbons (Fsp3) is 0.300. The zero-order chi connectivity index (χ0) is 19.6. The van der Waals surface area contributed by atoms with Crippen LogP contribution in [0.1, 0.15) is 41.4 Å². The standard InChI is InChI=1S/C20H22N4O3/c1-12(2)24-19-15(10-22-24)8-16(9-21-19)20(26)27-11-18(25)23-17-6-13(3)5-14(4)7-17/h5-10,12H,11H2,1-4H3,(H,23,25). The molecule has 140 valence electrons. The summed E-state index contributed by atoms with van der Waals surface area (Å²) < 4.78 is 6.89. The first-order chi connectivity index (χ1) is 12.8. The second-order valence-electron chi connectivity index (χ2n) is 6.82. The fourth-order valence-corrected chi connectivity index (χ4v) is 2.89. The lowest BCUT2D eigenvalue weighted by atomic mass is 10.1. The Morgan fingerprint density at radius 3 is 2.48 bits per heavy atom. The molecule has 7 heteroatoms. The van der Waals surface area contributed by atoms with E-state index in [9.17, 15) is 9.59 Å². The van der Waals surface area contributed by atoms with Crippen LogP contribution in [0.25, 0.3) is 11.0 Å². The molecule has 2 aromatic heterocycles. The quantitative estimate of drug-likeness (QED) is 0.699. The molecule has 1 amide bonds. The molecule has 0 aliphatic carbocycles. The van der Waals surface area contributed by atoms with Gasteiger partial charge in [-0.1, -0.05) is 6.07 Å². The number of hydrogen-bond donors (Lipinski definition) is 1. The molecule has 3 rings (SSSR count). The summed E-state index contributed by atoms with van der Waals surface area (Å²) in [6.45, 7) is 7.55. The highest BCUT2D eigenvalue weighted by Crippen LogP contribution is 2.17. The summed E-state index contributed by atoms with van der Waals surface area (Å²) in [6, 6.07) is 7.56. The summed E-state index contributed by atoms with van der Waals surface area (Å²) in [5.41, 5.74) is 3.75. The Hall–Kier alpha value is -3.22. The zero-order valence-electron chi connectivity index (χ0n) is 15.8. The highest BCUT2D eigenvalue weighted by atomic mass is 16.5. The van der Waals surface area contributed by atoms with Crippen LogP contribution >= 0.6 is 0 Å². The Kier molecular flexibility index (Phi) is 5.21. The smallest absolute Gasteiger partial charge is 0.340 e. The Morgan fingerprint density at radius 1 is 1.11 bits per heavy atom. The first-order valence-electron chi connectivity index (χ1n) is 8.72. The zero-order valence-corrected chi connectivity index (χ0v) is 15.8. The monoisotopic (exact) mass is 366 g/mol. The average Bonchev–Trinajstić information content (AvgIpc) is 3.02. The summed E-state index contributed by atoms with van der Waals surface area (Å²) in [6.07, 6.45) is 3.10. The molecule has 0 atom stereocenters. The van der Waals surface area contributed by atoms with Crippen LogP contribution < -0.4 is 5.32 Å². The van der Waals surface area contributed by atoms with Gasteiger partial charge in [-0.3, -0.25) is 4.79 Å². The number of hydrogen-bond acceptors (Lipinski definition) is 5. The number of carbonyl (C=O) groups is 2. The maximum atomic E-state index is 12.2. The molecule has 0 bridgehead atoms. The molecule has 0 fully saturated rings. The Balaban J connectivity index is 1.63. The lowest BCUT2D eigenvalue weighted by Crippen LogP contribution is -2.21. The number of carbonyl (C=O) groups excluding carboxylic acids is 2. The highest BCUT2D eigenvalue weighted by molar-refractivity contribution is 5.96. The van der Waals surface area contributed by atoms with E-state index in [0.29, 0.717) is 11.3 Å². The van der Waals surface area contributed by atoms with Crippen molar-refractivity contribution in [2.45, 2.75) is 33.7 Å². The molecular formula is C20H22N4O3. The first-order valence-corrected chi connectivity index (χ1v) is 8.72. The average molecular weight is 366 g/mol. The second-order valence-corrected chi connectivity index (χ2v) is 6.82. The van der Waals surface area contributed by atoms with Gasteiger partial charge in [-0.25, -0.2) is 14.5 Å². The number of benzene rings is 1. The van der Waals surface area contributed by atoms with Crippen molar-refractivity contribution < 1.29 is 14.3 Å². The van der Waals surface area contributed by atoms with Gasteiger partial charge in [0.15, 0.2) is 12.3 Å². The lowest BCUT2D eigenvalue weighted by molar-refractivity contribution is -0.119. The molecule has 1 N–H and O–H groups in total. The molecule has 0 radical (unpaired) electrons. The molecule has 7 nitrogen and oxygen atoms in total. The summed E-state index contributed by atoms with van der Waals surface area (Å²) in [5, 5.41) is 7.75. The van der Waals surface area contributed by atoms with Crippen LogP contribution in [0, 0.1) is 13.8 Å². The number of fused-ring (bicyclic) bond motifs is 1. The van der Waals surface area contributed by atoms with Crippen LogP contribution in [0.15, 0.2) is 36.7 Å². The number of esters is 1. The third-order valence-electron chi connectivity index (χ3n) is 4.00. The van der Waals surface area contributed by atoms with Gasteiger partial charge in [0.05, 0.1) is 11.8 Å². The second kappa shape index (κ2) is 7.57. The van der Waals surface area contributed by atoms with E-state index in [-0.39, 0.29) is 18.2 Å². The van der Waals surface area contributed by atoms with Crippen LogP contribution in [-0.2, 0) is 9.53 Å². The van der Waals surface area contributed by atoms with Crippen molar-refractivity contribution in [2.24, 2.45) is 0 Å². The first kappa shape index (κ1) is 18.6. The number of amides is 1. The number of pyridine rings is 1. The summed E-state index contributed by atoms with van der Waals surface area (Å²) in [4.78, 5) is 28.6. The van der Waals surface area contributed by atoms with Crippen molar-refractivity contribution in [3.63, 3.8) is 0 Å². The minimum absolute atomic E-state index is 0.168. The van der Waals surface area contributed by atoms with E-state index < -0.39 is 11.9 Å². The van der Waals surface area contributed by atoms with Gasteiger partial charge in [-0.2, -0.15) is 5.10 Å². The Labute approximate surface area is 157 Å². The number of rotatable bonds is 5. The van der Waals surface area contributed by atoms with Crippen LogP contribution in [0.5, 0.6) is 0 Å². The number of aryl methyl sites for hydroxylation is 2. The molecule has 0 saturated carbocycles. The number of nitrogens with zero attached hydrogens (tertiary/aromatic N) is 3. The predicted octanol–water partition coefficient (Wildman–Crippen LogP) is 3.42. The van der Waals surface area contributed by atoms with Crippen molar-refractivity contribution in [1.29, 1.82) is 0 Å². The summed E-state index contributed by atoms with van der Waals surface area (Å²) in [5.74, 6) is -0.993. The van der Waals surface area contributed by atoms with Gasteiger partial charge in [-0.05, 0) is 57.0 Å². The molecule has 3 aromatic rings. The number of nitrogens with one attached hydrogen (secondary N) is 1. The van der Waals surface area contributed by atoms with Gasteiger partial charge in [0, 0.05) is 23.3 Å². The summed E-state index contributed by atoms with van der Waals surface area (Å²) >= 11 is 0. The number of ether oxygens (including phenoxy) is 1. The van der Waals surface area contributed by atoms with E-state index >= 15 is 0 Å². The predicted molar refractivity (Wildman–Crippen MR) is 103 cm³/mol. The molecular weight excluding hydrogens is 344 g/mol. The van der Waals surface area contributed by atoms with Crippen LogP contribution in [0.2, 0.25) is 0 Å². The fourth-order valence-electron chi connectivity index (χ4n) is 2.89. The van der Waals surface area contributed by atoms with Gasteiger partial charge < -0.3 is 10.1 Å². The van der Waals surface area contributed by atoms with E-state index in [1.807, 2.05) is 45.9 Å². The molecule has 2 heterocycles. The van der Waals surface area contributed by atoms with Gasteiger partial charge >= 0.3 is 5.97 Å². The molecule has 0 aliphatic heterocycles. The minimum atomic E-state index is -0.600. The third kappa shape index (κ3) is 4.31. The molecule has 0 aliphatic rings. The molecule has 0 unspecified atom stereocenters. The maximum Gasteiger partial charge on any atom is 0.340 e. The maximum absolute atomic E-state index is 12.2. The van der Waals surface area contributed by atoms with E-state index in [1.165, 1.54) is 6.20 Å². The highest BCUT2D eigenvalue weighted by Gasteiger charge is 2.14. The normalized spacial score (nSPS) is 11.0. The Morgan fingerprint density at radius 2 is 1.81 bits per heavy atom. The van der Waals surface area contributed by atoms with E-state index in [0.717, 1.165) is 16.5 Å². The van der Waals surface area contributed by atoms with Gasteiger partial charge in [-0.15, -0.1) is 0 Å². The molecule has 0 saturated heterocycles. The number of aromatic nitrogens is 3. The van der Waals surface area contributed by atoms with Crippen LogP contribution in [0.3, 0.4) is 0 Å². The lowest BCUT2D eigenvalue weighted by Gasteiger charge is -2.09. The third-order valence-corrected chi connectivity index (χ3v) is 4.00. The van der Waals surface area contributed by atoms with Crippen molar-refractivity contribution in [2.75, 3.05) is 11.9 Å². The van der Waals surface area contributed by atoms with Crippen molar-refractivity contribution in [3.05, 3.63) is 53.3 Å². The van der Waals surface area contributed by atoms with Crippen LogP contribution in [-0.4, -0.2) is 33.2 Å². The van der Waals surface area contributed by atoms with Crippen molar-refractivity contribution in [3.8, 4) is 0 Å². The van der Waals surface area contributed by atoms with Gasteiger partial charge in [0.25, 0.3) is 5.91 Å². The van der Waals surface area contributed by atoms with Crippen molar-refractivity contribution in [1.82, 2.24) is 14.8 Å². The van der Waals surface area contributed by atoms with Crippen LogP contribution in [0.4, 0.5) is 5.69 Å². The molecule has 1 aromatic carbocycles. The summed E-state index contributed by atoms with van der Waals surface area (Å²) in [7, 11) is 0. The van der Waals surface area contributed by atoms with Gasteiger partial charge in [0.1, 0.15) is 0 Å².